The molecule has 2 rings (SSSR count). The zero-order chi connectivity index (χ0) is 15.3. The van der Waals surface area contributed by atoms with Crippen LogP contribution in [0.2, 0.25) is 0 Å². The summed E-state index contributed by atoms with van der Waals surface area (Å²) in [6.45, 7) is 2.31. The van der Waals surface area contributed by atoms with Crippen molar-refractivity contribution in [1.82, 2.24) is 0 Å². The van der Waals surface area contributed by atoms with Crippen LogP contribution in [0, 0.1) is 11.7 Å². The Kier molecular flexibility index (Phi) is 5.17. The Bertz CT molecular complexity index is 464. The van der Waals surface area contributed by atoms with Gasteiger partial charge in [-0.1, -0.05) is 0 Å². The summed E-state index contributed by atoms with van der Waals surface area (Å²) in [5.74, 6) is -0.108. The molecule has 1 aliphatic carbocycles. The van der Waals surface area contributed by atoms with Crippen molar-refractivity contribution in [2.24, 2.45) is 5.92 Å². The first kappa shape index (κ1) is 15.8. The second kappa shape index (κ2) is 6.89. The molecule has 1 aliphatic rings. The van der Waals surface area contributed by atoms with E-state index >= 15 is 0 Å². The number of carbonyl (C=O) groups excluding carboxylic acids is 1. The van der Waals surface area contributed by atoms with Crippen LogP contribution < -0.4 is 4.74 Å². The van der Waals surface area contributed by atoms with Crippen LogP contribution in [0.15, 0.2) is 24.3 Å². The number of rotatable bonds is 5. The van der Waals surface area contributed by atoms with Crippen molar-refractivity contribution in [3.63, 3.8) is 0 Å². The topological polar surface area (TPSA) is 55.8 Å². The molecule has 0 amide bonds. The van der Waals surface area contributed by atoms with E-state index < -0.39 is 5.60 Å². The van der Waals surface area contributed by atoms with E-state index in [-0.39, 0.29) is 24.3 Å². The maximum Gasteiger partial charge on any atom is 0.308 e. The number of esters is 1. The first-order valence-electron chi connectivity index (χ1n) is 7.30. The number of hydrogen-bond donors (Lipinski definition) is 1. The van der Waals surface area contributed by atoms with E-state index in [0.29, 0.717) is 38.0 Å². The molecule has 0 saturated heterocycles. The molecule has 0 atom stereocenters. The molecule has 4 nitrogen and oxygen atoms in total. The van der Waals surface area contributed by atoms with E-state index in [4.69, 9.17) is 9.47 Å². The van der Waals surface area contributed by atoms with Crippen LogP contribution in [-0.4, -0.2) is 29.9 Å². The lowest BCUT2D eigenvalue weighted by atomic mass is 9.79. The number of carbonyl (C=O) groups is 1. The van der Waals surface area contributed by atoms with Gasteiger partial charge < -0.3 is 14.6 Å². The normalized spacial score (nSPS) is 25.4. The van der Waals surface area contributed by atoms with E-state index in [1.54, 1.807) is 6.92 Å². The quantitative estimate of drug-likeness (QED) is 0.849. The number of halogens is 1. The standard InChI is InChI=1S/C16H21FO4/c1-2-20-15(18)12-7-9-16(19,10-8-12)11-21-14-5-3-13(17)4-6-14/h3-6,12,19H,2,7-11H2,1H3. The molecule has 1 saturated carbocycles. The molecule has 21 heavy (non-hydrogen) atoms. The molecule has 0 bridgehead atoms. The average Bonchev–Trinajstić information content (AvgIpc) is 2.48. The third-order valence-electron chi connectivity index (χ3n) is 3.86. The summed E-state index contributed by atoms with van der Waals surface area (Å²) in [5.41, 5.74) is -0.933. The van der Waals surface area contributed by atoms with E-state index in [9.17, 15) is 14.3 Å². The summed E-state index contributed by atoms with van der Waals surface area (Å²) >= 11 is 0. The fourth-order valence-corrected chi connectivity index (χ4v) is 2.54. The van der Waals surface area contributed by atoms with Crippen LogP contribution in [0.5, 0.6) is 5.75 Å². The summed E-state index contributed by atoms with van der Waals surface area (Å²) in [4.78, 5) is 11.6. The molecule has 116 valence electrons. The number of aliphatic hydroxyl groups is 1. The minimum absolute atomic E-state index is 0.129. The Morgan fingerprint density at radius 1 is 1.33 bits per heavy atom. The van der Waals surface area contributed by atoms with Gasteiger partial charge in [0.15, 0.2) is 0 Å². The lowest BCUT2D eigenvalue weighted by Crippen LogP contribution is -2.41. The lowest BCUT2D eigenvalue weighted by molar-refractivity contribution is -0.151. The summed E-state index contributed by atoms with van der Waals surface area (Å²) in [6, 6.07) is 5.69. The van der Waals surface area contributed by atoms with Gasteiger partial charge in [-0.3, -0.25) is 4.79 Å². The first-order valence-corrected chi connectivity index (χ1v) is 7.30. The highest BCUT2D eigenvalue weighted by atomic mass is 19.1. The van der Waals surface area contributed by atoms with E-state index in [1.165, 1.54) is 24.3 Å². The predicted octanol–water partition coefficient (Wildman–Crippen LogP) is 2.69. The van der Waals surface area contributed by atoms with Gasteiger partial charge >= 0.3 is 5.97 Å². The Labute approximate surface area is 123 Å². The van der Waals surface area contributed by atoms with Crippen molar-refractivity contribution < 1.29 is 23.8 Å². The maximum absolute atomic E-state index is 12.8. The van der Waals surface area contributed by atoms with Crippen LogP contribution in [0.1, 0.15) is 32.6 Å². The van der Waals surface area contributed by atoms with Gasteiger partial charge in [-0.05, 0) is 56.9 Å². The van der Waals surface area contributed by atoms with Gasteiger partial charge in [0, 0.05) is 0 Å². The SMILES string of the molecule is CCOC(=O)C1CCC(O)(COc2ccc(F)cc2)CC1. The van der Waals surface area contributed by atoms with Gasteiger partial charge in [0.2, 0.25) is 0 Å². The van der Waals surface area contributed by atoms with Crippen molar-refractivity contribution >= 4 is 5.97 Å². The molecule has 1 fully saturated rings. The summed E-state index contributed by atoms with van der Waals surface area (Å²) in [5, 5.41) is 10.5. The van der Waals surface area contributed by atoms with Crippen molar-refractivity contribution in [1.29, 1.82) is 0 Å². The summed E-state index contributed by atoms with van der Waals surface area (Å²) in [6.07, 6.45) is 2.19. The molecular weight excluding hydrogens is 275 g/mol. The van der Waals surface area contributed by atoms with Gasteiger partial charge in [-0.25, -0.2) is 4.39 Å². The maximum atomic E-state index is 12.8. The van der Waals surface area contributed by atoms with Crippen LogP contribution in [0.25, 0.3) is 0 Å². The second-order valence-electron chi connectivity index (χ2n) is 5.49. The molecule has 1 aromatic rings. The molecule has 0 aliphatic heterocycles. The smallest absolute Gasteiger partial charge is 0.308 e. The van der Waals surface area contributed by atoms with Crippen LogP contribution >= 0.6 is 0 Å². The van der Waals surface area contributed by atoms with Gasteiger partial charge in [-0.15, -0.1) is 0 Å². The van der Waals surface area contributed by atoms with E-state index in [1.807, 2.05) is 0 Å². The molecule has 0 unspecified atom stereocenters. The molecule has 5 heteroatoms. The predicted molar refractivity (Wildman–Crippen MR) is 75.4 cm³/mol. The molecule has 0 radical (unpaired) electrons. The molecule has 0 aromatic heterocycles. The third-order valence-corrected chi connectivity index (χ3v) is 3.86. The van der Waals surface area contributed by atoms with Gasteiger partial charge in [-0.2, -0.15) is 0 Å². The largest absolute Gasteiger partial charge is 0.491 e. The van der Waals surface area contributed by atoms with Crippen LogP contribution in [0.3, 0.4) is 0 Å². The summed E-state index contributed by atoms with van der Waals surface area (Å²) in [7, 11) is 0. The van der Waals surface area contributed by atoms with Gasteiger partial charge in [0.05, 0.1) is 18.1 Å². The average molecular weight is 296 g/mol. The Morgan fingerprint density at radius 3 is 2.52 bits per heavy atom. The van der Waals surface area contributed by atoms with Crippen molar-refractivity contribution in [3.05, 3.63) is 30.1 Å². The van der Waals surface area contributed by atoms with Crippen molar-refractivity contribution in [2.75, 3.05) is 13.2 Å². The van der Waals surface area contributed by atoms with Crippen LogP contribution in [0.4, 0.5) is 4.39 Å². The molecule has 1 aromatic carbocycles. The number of hydrogen-bond acceptors (Lipinski definition) is 4. The third kappa shape index (κ3) is 4.43. The highest BCUT2D eigenvalue weighted by Gasteiger charge is 2.37. The highest BCUT2D eigenvalue weighted by molar-refractivity contribution is 5.72. The first-order chi connectivity index (χ1) is 10.0. The zero-order valence-electron chi connectivity index (χ0n) is 12.2. The highest BCUT2D eigenvalue weighted by Crippen LogP contribution is 2.33. The van der Waals surface area contributed by atoms with Crippen LogP contribution in [-0.2, 0) is 9.53 Å². The summed E-state index contributed by atoms with van der Waals surface area (Å²) < 4.78 is 23.3. The van der Waals surface area contributed by atoms with Crippen molar-refractivity contribution in [3.8, 4) is 5.75 Å². The number of ether oxygens (including phenoxy) is 2. The van der Waals surface area contributed by atoms with Gasteiger partial charge in [0.25, 0.3) is 0 Å². The Hall–Kier alpha value is -1.62. The second-order valence-corrected chi connectivity index (χ2v) is 5.49. The molecule has 1 N–H and O–H groups in total. The Balaban J connectivity index is 1.82. The molecular formula is C16H21FO4. The minimum atomic E-state index is -0.933. The molecule has 0 heterocycles. The van der Waals surface area contributed by atoms with Gasteiger partial charge in [0.1, 0.15) is 18.2 Å². The van der Waals surface area contributed by atoms with Crippen molar-refractivity contribution in [2.45, 2.75) is 38.2 Å². The zero-order valence-corrected chi connectivity index (χ0v) is 12.2. The molecule has 0 spiro atoms. The number of benzene rings is 1. The fourth-order valence-electron chi connectivity index (χ4n) is 2.54. The minimum Gasteiger partial charge on any atom is -0.491 e. The van der Waals surface area contributed by atoms with E-state index in [0.717, 1.165) is 0 Å². The monoisotopic (exact) mass is 296 g/mol. The Morgan fingerprint density at radius 2 is 1.95 bits per heavy atom. The fraction of sp³-hybridized carbons (Fsp3) is 0.562. The lowest BCUT2D eigenvalue weighted by Gasteiger charge is -2.34. The van der Waals surface area contributed by atoms with E-state index in [2.05, 4.69) is 0 Å².